The summed E-state index contributed by atoms with van der Waals surface area (Å²) >= 11 is 0. The average Bonchev–Trinajstić information content (AvgIpc) is 2.88. The molecule has 0 spiro atoms. The number of likely N-dealkylation sites (N-methyl/N-ethyl adjacent to an activating group) is 1. The fraction of sp³-hybridized carbons (Fsp3) is 0.407. The van der Waals surface area contributed by atoms with E-state index in [0.29, 0.717) is 35.7 Å². The molecule has 10 nitrogen and oxygen atoms in total. The van der Waals surface area contributed by atoms with Crippen molar-refractivity contribution in [2.45, 2.75) is 46.8 Å². The van der Waals surface area contributed by atoms with Gasteiger partial charge in [0.2, 0.25) is 5.91 Å². The fourth-order valence-corrected chi connectivity index (χ4v) is 4.14. The van der Waals surface area contributed by atoms with Crippen LogP contribution in [-0.2, 0) is 17.9 Å². The van der Waals surface area contributed by atoms with Gasteiger partial charge in [0.05, 0.1) is 31.7 Å². The first kappa shape index (κ1) is 27.5. The van der Waals surface area contributed by atoms with Gasteiger partial charge in [-0.1, -0.05) is 12.1 Å². The minimum atomic E-state index is -0.619. The number of carbonyl (C=O) groups is 2. The van der Waals surface area contributed by atoms with E-state index in [1.54, 1.807) is 35.2 Å². The van der Waals surface area contributed by atoms with Crippen LogP contribution >= 0.6 is 0 Å². The number of fused-ring (bicyclic) bond motifs is 1. The lowest BCUT2D eigenvalue weighted by Crippen LogP contribution is -2.43. The van der Waals surface area contributed by atoms with E-state index < -0.39 is 11.2 Å². The van der Waals surface area contributed by atoms with Crippen LogP contribution in [0.4, 0.5) is 0 Å². The van der Waals surface area contributed by atoms with Crippen molar-refractivity contribution in [1.82, 2.24) is 19.4 Å². The van der Waals surface area contributed by atoms with Crippen LogP contribution in [0.5, 0.6) is 11.5 Å². The molecule has 3 rings (SSSR count). The Labute approximate surface area is 215 Å². The molecule has 2 aromatic carbocycles. The number of aromatic nitrogens is 2. The molecule has 0 fully saturated rings. The molecule has 0 aliphatic carbocycles. The monoisotopic (exact) mass is 510 g/mol. The summed E-state index contributed by atoms with van der Waals surface area (Å²) in [4.78, 5) is 54.0. The number of benzene rings is 2. The van der Waals surface area contributed by atoms with Gasteiger partial charge >= 0.3 is 5.69 Å². The van der Waals surface area contributed by atoms with Crippen molar-refractivity contribution in [3.63, 3.8) is 0 Å². The normalized spacial score (nSPS) is 11.0. The van der Waals surface area contributed by atoms with Gasteiger partial charge < -0.3 is 19.7 Å². The standard InChI is InChI=1S/C27H34N4O6/c1-7-29(8-2)24(32)16-30-21-14-23(37-6)22(36-5)13-20(21)26(34)31(27(30)35)15-18-9-11-19(12-10-18)25(33)28-17(3)4/h9-14,17H,7-8,15-16H2,1-6H3,(H,28,33). The molecule has 1 heterocycles. The van der Waals surface area contributed by atoms with E-state index >= 15 is 0 Å². The van der Waals surface area contributed by atoms with Crippen molar-refractivity contribution in [2.24, 2.45) is 0 Å². The molecule has 0 bridgehead atoms. The number of hydrogen-bond donors (Lipinski definition) is 1. The van der Waals surface area contributed by atoms with Crippen molar-refractivity contribution in [2.75, 3.05) is 27.3 Å². The van der Waals surface area contributed by atoms with Crippen molar-refractivity contribution in [1.29, 1.82) is 0 Å². The smallest absolute Gasteiger partial charge is 0.332 e. The lowest BCUT2D eigenvalue weighted by Gasteiger charge is -2.21. The molecule has 0 atom stereocenters. The lowest BCUT2D eigenvalue weighted by atomic mass is 10.1. The number of amides is 2. The Bertz CT molecular complexity index is 1400. The van der Waals surface area contributed by atoms with Crippen molar-refractivity contribution >= 4 is 22.7 Å². The van der Waals surface area contributed by atoms with E-state index in [2.05, 4.69) is 5.32 Å². The maximum absolute atomic E-state index is 13.6. The molecule has 1 N–H and O–H groups in total. The van der Waals surface area contributed by atoms with Gasteiger partial charge in [-0.2, -0.15) is 0 Å². The summed E-state index contributed by atoms with van der Waals surface area (Å²) in [5.74, 6) is 0.224. The van der Waals surface area contributed by atoms with Crippen LogP contribution in [0.3, 0.4) is 0 Å². The molecule has 0 unspecified atom stereocenters. The van der Waals surface area contributed by atoms with Crippen LogP contribution in [0, 0.1) is 0 Å². The molecular weight excluding hydrogens is 476 g/mol. The van der Waals surface area contributed by atoms with Crippen LogP contribution in [0.25, 0.3) is 10.9 Å². The van der Waals surface area contributed by atoms with Crippen LogP contribution < -0.4 is 26.0 Å². The van der Waals surface area contributed by atoms with Gasteiger partial charge in [-0.05, 0) is 51.5 Å². The molecule has 3 aromatic rings. The highest BCUT2D eigenvalue weighted by Crippen LogP contribution is 2.30. The van der Waals surface area contributed by atoms with Gasteiger partial charge in [-0.3, -0.25) is 23.5 Å². The van der Waals surface area contributed by atoms with Crippen LogP contribution in [0.2, 0.25) is 0 Å². The van der Waals surface area contributed by atoms with Gasteiger partial charge in [0, 0.05) is 30.8 Å². The van der Waals surface area contributed by atoms with E-state index in [4.69, 9.17) is 9.47 Å². The SMILES string of the molecule is CCN(CC)C(=O)Cn1c(=O)n(Cc2ccc(C(=O)NC(C)C)cc2)c(=O)c2cc(OC)c(OC)cc21. The first-order valence-corrected chi connectivity index (χ1v) is 12.2. The number of ether oxygens (including phenoxy) is 2. The van der Waals surface area contributed by atoms with E-state index in [1.807, 2.05) is 27.7 Å². The Morgan fingerprint density at radius 2 is 1.54 bits per heavy atom. The van der Waals surface area contributed by atoms with E-state index in [1.165, 1.54) is 24.9 Å². The molecule has 0 aliphatic rings. The Morgan fingerprint density at radius 1 is 0.946 bits per heavy atom. The molecule has 2 amide bonds. The third-order valence-corrected chi connectivity index (χ3v) is 6.12. The van der Waals surface area contributed by atoms with E-state index in [0.717, 1.165) is 4.57 Å². The van der Waals surface area contributed by atoms with Crippen molar-refractivity contribution < 1.29 is 19.1 Å². The Balaban J connectivity index is 2.15. The van der Waals surface area contributed by atoms with E-state index in [-0.39, 0.29) is 41.8 Å². The van der Waals surface area contributed by atoms with E-state index in [9.17, 15) is 19.2 Å². The molecule has 198 valence electrons. The molecule has 0 saturated carbocycles. The number of methoxy groups -OCH3 is 2. The minimum absolute atomic E-state index is 0.00325. The third-order valence-electron chi connectivity index (χ3n) is 6.12. The maximum Gasteiger partial charge on any atom is 0.332 e. The zero-order chi connectivity index (χ0) is 27.3. The highest BCUT2D eigenvalue weighted by atomic mass is 16.5. The van der Waals surface area contributed by atoms with Gasteiger partial charge in [-0.15, -0.1) is 0 Å². The number of nitrogens with one attached hydrogen (secondary N) is 1. The second-order valence-corrected chi connectivity index (χ2v) is 8.88. The number of carbonyl (C=O) groups excluding carboxylic acids is 2. The van der Waals surface area contributed by atoms with Crippen LogP contribution in [-0.4, -0.2) is 59.2 Å². The number of hydrogen-bond acceptors (Lipinski definition) is 6. The topological polar surface area (TPSA) is 112 Å². The molecule has 1 aromatic heterocycles. The molecule has 0 radical (unpaired) electrons. The van der Waals surface area contributed by atoms with Gasteiger partial charge in [-0.25, -0.2) is 4.79 Å². The predicted octanol–water partition coefficient (Wildman–Crippen LogP) is 2.24. The Kier molecular flexibility index (Phi) is 8.75. The van der Waals surface area contributed by atoms with Gasteiger partial charge in [0.15, 0.2) is 11.5 Å². The van der Waals surface area contributed by atoms with Crippen molar-refractivity contribution in [3.8, 4) is 11.5 Å². The fourth-order valence-electron chi connectivity index (χ4n) is 4.14. The predicted molar refractivity (Wildman–Crippen MR) is 142 cm³/mol. The Hall–Kier alpha value is -4.08. The zero-order valence-corrected chi connectivity index (χ0v) is 22.2. The van der Waals surface area contributed by atoms with Crippen LogP contribution in [0.15, 0.2) is 46.0 Å². The highest BCUT2D eigenvalue weighted by molar-refractivity contribution is 5.94. The molecular formula is C27H34N4O6. The second kappa shape index (κ2) is 11.8. The first-order chi connectivity index (χ1) is 17.6. The largest absolute Gasteiger partial charge is 0.493 e. The summed E-state index contributed by atoms with van der Waals surface area (Å²) in [6.45, 7) is 8.20. The summed E-state index contributed by atoms with van der Waals surface area (Å²) in [6.07, 6.45) is 0. The Morgan fingerprint density at radius 3 is 2.08 bits per heavy atom. The van der Waals surface area contributed by atoms with Crippen molar-refractivity contribution in [3.05, 3.63) is 68.4 Å². The minimum Gasteiger partial charge on any atom is -0.493 e. The summed E-state index contributed by atoms with van der Waals surface area (Å²) in [5, 5.41) is 3.05. The number of rotatable bonds is 10. The summed E-state index contributed by atoms with van der Waals surface area (Å²) in [6, 6.07) is 9.75. The second-order valence-electron chi connectivity index (χ2n) is 8.88. The molecule has 10 heteroatoms. The molecule has 0 saturated heterocycles. The van der Waals surface area contributed by atoms with Crippen LogP contribution in [0.1, 0.15) is 43.6 Å². The third kappa shape index (κ3) is 5.84. The average molecular weight is 511 g/mol. The quantitative estimate of drug-likeness (QED) is 0.448. The summed E-state index contributed by atoms with van der Waals surface area (Å²) in [5.41, 5.74) is 0.273. The number of nitrogens with zero attached hydrogens (tertiary/aromatic N) is 3. The van der Waals surface area contributed by atoms with Gasteiger partial charge in [0.1, 0.15) is 6.54 Å². The molecule has 0 aliphatic heterocycles. The first-order valence-electron chi connectivity index (χ1n) is 12.2. The lowest BCUT2D eigenvalue weighted by molar-refractivity contribution is -0.131. The maximum atomic E-state index is 13.6. The summed E-state index contributed by atoms with van der Waals surface area (Å²) < 4.78 is 13.1. The zero-order valence-electron chi connectivity index (χ0n) is 22.2. The summed E-state index contributed by atoms with van der Waals surface area (Å²) in [7, 11) is 2.92. The van der Waals surface area contributed by atoms with Gasteiger partial charge in [0.25, 0.3) is 11.5 Å². The molecule has 37 heavy (non-hydrogen) atoms. The highest BCUT2D eigenvalue weighted by Gasteiger charge is 2.20.